The number of nitrogens with zero attached hydrogens (tertiary/aromatic N) is 4. The lowest BCUT2D eigenvalue weighted by molar-refractivity contribution is 0.410. The molecule has 6 heteroatoms. The molecular formula is C19H28N6. The molecule has 2 heterocycles. The van der Waals surface area contributed by atoms with Crippen molar-refractivity contribution in [3.05, 3.63) is 23.7 Å². The number of hydrogen-bond acceptors (Lipinski definition) is 5. The number of rotatable bonds is 5. The van der Waals surface area contributed by atoms with Crippen LogP contribution < -0.4 is 11.1 Å². The normalized spacial score (nSPS) is 23.6. The topological polar surface area (TPSA) is 81.7 Å². The summed E-state index contributed by atoms with van der Waals surface area (Å²) in [6.45, 7) is 2.08. The number of anilines is 1. The van der Waals surface area contributed by atoms with Gasteiger partial charge in [0.25, 0.3) is 0 Å². The van der Waals surface area contributed by atoms with E-state index in [9.17, 15) is 0 Å². The van der Waals surface area contributed by atoms with Crippen LogP contribution in [0.4, 0.5) is 5.95 Å². The summed E-state index contributed by atoms with van der Waals surface area (Å²) >= 11 is 0. The Bertz CT molecular complexity index is 740. The predicted octanol–water partition coefficient (Wildman–Crippen LogP) is 2.82. The Labute approximate surface area is 149 Å². The lowest BCUT2D eigenvalue weighted by Crippen LogP contribution is -2.33. The number of nitrogens with one attached hydrogen (secondary N) is 1. The molecule has 0 amide bonds. The van der Waals surface area contributed by atoms with E-state index in [1.807, 2.05) is 24.1 Å². The fourth-order valence-electron chi connectivity index (χ4n) is 3.73. The van der Waals surface area contributed by atoms with Crippen LogP contribution in [0.5, 0.6) is 0 Å². The van der Waals surface area contributed by atoms with Crippen molar-refractivity contribution < 1.29 is 0 Å². The van der Waals surface area contributed by atoms with Gasteiger partial charge in [-0.2, -0.15) is 5.10 Å². The molecule has 0 spiro atoms. The second kappa shape index (κ2) is 6.75. The summed E-state index contributed by atoms with van der Waals surface area (Å²) in [5, 5.41) is 8.00. The molecule has 0 atom stereocenters. The molecule has 0 aromatic carbocycles. The minimum atomic E-state index is 0.355. The maximum atomic E-state index is 6.01. The summed E-state index contributed by atoms with van der Waals surface area (Å²) in [4.78, 5) is 9.36. The summed E-state index contributed by atoms with van der Waals surface area (Å²) in [5.41, 5.74) is 10.6. The first kappa shape index (κ1) is 16.5. The Morgan fingerprint density at radius 1 is 1.16 bits per heavy atom. The van der Waals surface area contributed by atoms with E-state index < -0.39 is 0 Å². The Morgan fingerprint density at radius 3 is 2.64 bits per heavy atom. The van der Waals surface area contributed by atoms with Crippen molar-refractivity contribution in [3.63, 3.8) is 0 Å². The van der Waals surface area contributed by atoms with Crippen LogP contribution in [0, 0.1) is 12.8 Å². The second-order valence-electron chi connectivity index (χ2n) is 7.76. The SMILES string of the molecule is Cc1cnc(NC2CCC(N)CC2)nc1-c1cnn(C)c1CC1CC1. The highest BCUT2D eigenvalue weighted by atomic mass is 15.3. The minimum Gasteiger partial charge on any atom is -0.351 e. The maximum absolute atomic E-state index is 6.01. The van der Waals surface area contributed by atoms with E-state index in [1.54, 1.807) is 0 Å². The number of aryl methyl sites for hydroxylation is 2. The fraction of sp³-hybridized carbons (Fsp3) is 0.632. The van der Waals surface area contributed by atoms with E-state index in [2.05, 4.69) is 22.3 Å². The van der Waals surface area contributed by atoms with Crippen molar-refractivity contribution in [1.82, 2.24) is 19.7 Å². The van der Waals surface area contributed by atoms with Crippen molar-refractivity contribution in [2.45, 2.75) is 64.0 Å². The van der Waals surface area contributed by atoms with Gasteiger partial charge in [-0.3, -0.25) is 4.68 Å². The zero-order chi connectivity index (χ0) is 17.4. The summed E-state index contributed by atoms with van der Waals surface area (Å²) in [7, 11) is 2.03. The predicted molar refractivity (Wildman–Crippen MR) is 99.3 cm³/mol. The third-order valence-corrected chi connectivity index (χ3v) is 5.57. The quantitative estimate of drug-likeness (QED) is 0.875. The summed E-state index contributed by atoms with van der Waals surface area (Å²) < 4.78 is 2.00. The van der Waals surface area contributed by atoms with Gasteiger partial charge in [-0.1, -0.05) is 0 Å². The van der Waals surface area contributed by atoms with E-state index in [0.717, 1.165) is 60.8 Å². The van der Waals surface area contributed by atoms with Gasteiger partial charge in [-0.25, -0.2) is 9.97 Å². The van der Waals surface area contributed by atoms with Crippen molar-refractivity contribution >= 4 is 5.95 Å². The van der Waals surface area contributed by atoms with Crippen molar-refractivity contribution in [1.29, 1.82) is 0 Å². The molecule has 0 saturated heterocycles. The monoisotopic (exact) mass is 340 g/mol. The zero-order valence-corrected chi connectivity index (χ0v) is 15.2. The first-order chi connectivity index (χ1) is 12.1. The van der Waals surface area contributed by atoms with Crippen molar-refractivity contribution in [2.75, 3.05) is 5.32 Å². The molecule has 134 valence electrons. The Kier molecular flexibility index (Phi) is 4.46. The Morgan fingerprint density at radius 2 is 1.92 bits per heavy atom. The molecule has 4 rings (SSSR count). The standard InChI is InChI=1S/C19H28N6/c1-12-10-21-19(23-15-7-5-14(20)6-8-15)24-18(12)16-11-22-25(2)17(16)9-13-3-4-13/h10-11,13-15H,3-9,20H2,1-2H3,(H,21,23,24). The molecule has 2 saturated carbocycles. The first-order valence-electron chi connectivity index (χ1n) is 9.47. The zero-order valence-electron chi connectivity index (χ0n) is 15.2. The Balaban J connectivity index is 1.57. The van der Waals surface area contributed by atoms with E-state index in [4.69, 9.17) is 10.7 Å². The third kappa shape index (κ3) is 3.68. The summed E-state index contributed by atoms with van der Waals surface area (Å²) in [6.07, 6.45) is 12.0. The fourth-order valence-corrected chi connectivity index (χ4v) is 3.73. The van der Waals surface area contributed by atoms with Gasteiger partial charge in [-0.15, -0.1) is 0 Å². The first-order valence-corrected chi connectivity index (χ1v) is 9.47. The van der Waals surface area contributed by atoms with Crippen LogP contribution in [-0.4, -0.2) is 31.8 Å². The summed E-state index contributed by atoms with van der Waals surface area (Å²) in [6, 6.07) is 0.781. The molecule has 6 nitrogen and oxygen atoms in total. The molecule has 25 heavy (non-hydrogen) atoms. The number of aromatic nitrogens is 4. The van der Waals surface area contributed by atoms with Crippen molar-refractivity contribution in [2.24, 2.45) is 18.7 Å². The van der Waals surface area contributed by atoms with Gasteiger partial charge in [0.15, 0.2) is 0 Å². The van der Waals surface area contributed by atoms with E-state index in [-0.39, 0.29) is 0 Å². The minimum absolute atomic E-state index is 0.355. The smallest absolute Gasteiger partial charge is 0.223 e. The van der Waals surface area contributed by atoms with Gasteiger partial charge in [0.1, 0.15) is 0 Å². The Hall–Kier alpha value is -1.95. The van der Waals surface area contributed by atoms with Crippen LogP contribution in [0.15, 0.2) is 12.4 Å². The van der Waals surface area contributed by atoms with Gasteiger partial charge in [0.05, 0.1) is 11.9 Å². The van der Waals surface area contributed by atoms with Gasteiger partial charge >= 0.3 is 0 Å². The molecule has 2 aliphatic carbocycles. The molecule has 2 fully saturated rings. The molecule has 2 aromatic rings. The van der Waals surface area contributed by atoms with E-state index in [1.165, 1.54) is 18.5 Å². The highest BCUT2D eigenvalue weighted by Crippen LogP contribution is 2.36. The van der Waals surface area contributed by atoms with E-state index >= 15 is 0 Å². The van der Waals surface area contributed by atoms with Crippen LogP contribution in [-0.2, 0) is 13.5 Å². The van der Waals surface area contributed by atoms with Crippen LogP contribution in [0.1, 0.15) is 49.8 Å². The third-order valence-electron chi connectivity index (χ3n) is 5.57. The second-order valence-corrected chi connectivity index (χ2v) is 7.76. The highest BCUT2D eigenvalue weighted by Gasteiger charge is 2.26. The molecule has 0 aliphatic heterocycles. The lowest BCUT2D eigenvalue weighted by Gasteiger charge is -2.26. The highest BCUT2D eigenvalue weighted by molar-refractivity contribution is 5.65. The molecule has 0 unspecified atom stereocenters. The van der Waals surface area contributed by atoms with Gasteiger partial charge < -0.3 is 11.1 Å². The molecule has 3 N–H and O–H groups in total. The molecular weight excluding hydrogens is 312 g/mol. The number of hydrogen-bond donors (Lipinski definition) is 2. The molecule has 2 aliphatic rings. The van der Waals surface area contributed by atoms with Crippen LogP contribution in [0.3, 0.4) is 0 Å². The van der Waals surface area contributed by atoms with Crippen LogP contribution in [0.2, 0.25) is 0 Å². The molecule has 0 radical (unpaired) electrons. The average Bonchev–Trinajstić information content (AvgIpc) is 3.35. The van der Waals surface area contributed by atoms with E-state index in [0.29, 0.717) is 12.1 Å². The van der Waals surface area contributed by atoms with Crippen LogP contribution >= 0.6 is 0 Å². The molecule has 0 bridgehead atoms. The largest absolute Gasteiger partial charge is 0.351 e. The number of nitrogens with two attached hydrogens (primary N) is 1. The van der Waals surface area contributed by atoms with Gasteiger partial charge in [0.2, 0.25) is 5.95 Å². The maximum Gasteiger partial charge on any atom is 0.223 e. The summed E-state index contributed by atoms with van der Waals surface area (Å²) in [5.74, 6) is 1.54. The molecule has 2 aromatic heterocycles. The van der Waals surface area contributed by atoms with Gasteiger partial charge in [-0.05, 0) is 63.4 Å². The van der Waals surface area contributed by atoms with Gasteiger partial charge in [0, 0.05) is 36.6 Å². The van der Waals surface area contributed by atoms with Crippen molar-refractivity contribution in [3.8, 4) is 11.3 Å². The average molecular weight is 340 g/mol. The lowest BCUT2D eigenvalue weighted by atomic mass is 9.92. The van der Waals surface area contributed by atoms with Crippen LogP contribution in [0.25, 0.3) is 11.3 Å².